The first kappa shape index (κ1) is 17.2. The summed E-state index contributed by atoms with van der Waals surface area (Å²) in [6.45, 7) is 4.58. The minimum absolute atomic E-state index is 0.0664. The first-order valence-corrected chi connectivity index (χ1v) is 8.69. The van der Waals surface area contributed by atoms with Crippen LogP contribution in [-0.4, -0.2) is 39.1 Å². The Morgan fingerprint density at radius 1 is 1.24 bits per heavy atom. The largest absolute Gasteiger partial charge is 0.370 e. The Labute approximate surface area is 147 Å². The smallest absolute Gasteiger partial charge is 0.257 e. The molecular formula is C19H24N4O2. The SMILES string of the molecule is Cc1ccccc1-n1ncc(C(=O)N2CCCC[C@@H]2CC(N)=O)c1C. The number of nitrogens with two attached hydrogens (primary N) is 1. The molecule has 1 saturated heterocycles. The second kappa shape index (κ2) is 7.09. The number of hydrogen-bond donors (Lipinski definition) is 1. The minimum Gasteiger partial charge on any atom is -0.370 e. The lowest BCUT2D eigenvalue weighted by atomic mass is 9.98. The van der Waals surface area contributed by atoms with Crippen molar-refractivity contribution in [2.45, 2.75) is 45.6 Å². The Morgan fingerprint density at radius 2 is 2.00 bits per heavy atom. The number of piperidine rings is 1. The van der Waals surface area contributed by atoms with Gasteiger partial charge in [0.1, 0.15) is 0 Å². The van der Waals surface area contributed by atoms with Gasteiger partial charge in [0.25, 0.3) is 5.91 Å². The molecule has 0 aliphatic carbocycles. The Kier molecular flexibility index (Phi) is 4.88. The third-order valence-electron chi connectivity index (χ3n) is 4.91. The molecule has 2 heterocycles. The number of hydrogen-bond acceptors (Lipinski definition) is 3. The van der Waals surface area contributed by atoms with Gasteiger partial charge < -0.3 is 10.6 Å². The van der Waals surface area contributed by atoms with E-state index in [2.05, 4.69) is 5.10 Å². The zero-order chi connectivity index (χ0) is 18.0. The summed E-state index contributed by atoms with van der Waals surface area (Å²) in [7, 11) is 0. The van der Waals surface area contributed by atoms with Gasteiger partial charge in [-0.1, -0.05) is 18.2 Å². The highest BCUT2D eigenvalue weighted by molar-refractivity contribution is 5.95. The number of primary amides is 1. The summed E-state index contributed by atoms with van der Waals surface area (Å²) in [6.07, 6.45) is 4.63. The maximum atomic E-state index is 13.1. The lowest BCUT2D eigenvalue weighted by Crippen LogP contribution is -2.45. The van der Waals surface area contributed by atoms with Crippen molar-refractivity contribution in [3.05, 3.63) is 47.3 Å². The number of amides is 2. The summed E-state index contributed by atoms with van der Waals surface area (Å²) in [4.78, 5) is 26.2. The van der Waals surface area contributed by atoms with Crippen molar-refractivity contribution in [1.82, 2.24) is 14.7 Å². The van der Waals surface area contributed by atoms with E-state index < -0.39 is 0 Å². The quantitative estimate of drug-likeness (QED) is 0.927. The van der Waals surface area contributed by atoms with Crippen molar-refractivity contribution in [2.75, 3.05) is 6.54 Å². The number of likely N-dealkylation sites (tertiary alicyclic amines) is 1. The summed E-state index contributed by atoms with van der Waals surface area (Å²) in [5.41, 5.74) is 8.81. The van der Waals surface area contributed by atoms with Gasteiger partial charge in [0.15, 0.2) is 0 Å². The molecule has 132 valence electrons. The molecule has 2 amide bonds. The molecule has 0 bridgehead atoms. The van der Waals surface area contributed by atoms with E-state index in [4.69, 9.17) is 5.73 Å². The van der Waals surface area contributed by atoms with Crippen molar-refractivity contribution in [3.8, 4) is 5.69 Å². The normalized spacial score (nSPS) is 17.5. The van der Waals surface area contributed by atoms with Gasteiger partial charge >= 0.3 is 0 Å². The molecule has 2 N–H and O–H groups in total. The van der Waals surface area contributed by atoms with E-state index in [9.17, 15) is 9.59 Å². The van der Waals surface area contributed by atoms with Gasteiger partial charge in [-0.3, -0.25) is 9.59 Å². The van der Waals surface area contributed by atoms with Crippen LogP contribution in [0.3, 0.4) is 0 Å². The molecule has 0 radical (unpaired) electrons. The van der Waals surface area contributed by atoms with Gasteiger partial charge in [0, 0.05) is 19.0 Å². The van der Waals surface area contributed by atoms with Crippen LogP contribution >= 0.6 is 0 Å². The van der Waals surface area contributed by atoms with Crippen LogP contribution in [0.25, 0.3) is 5.69 Å². The van der Waals surface area contributed by atoms with Crippen LogP contribution in [0, 0.1) is 13.8 Å². The summed E-state index contributed by atoms with van der Waals surface area (Å²) < 4.78 is 1.80. The fourth-order valence-corrected chi connectivity index (χ4v) is 3.53. The molecule has 6 heteroatoms. The number of para-hydroxylation sites is 1. The van der Waals surface area contributed by atoms with Gasteiger partial charge in [-0.25, -0.2) is 4.68 Å². The average molecular weight is 340 g/mol. The van der Waals surface area contributed by atoms with Gasteiger partial charge in [0.2, 0.25) is 5.91 Å². The van der Waals surface area contributed by atoms with Crippen LogP contribution in [0.15, 0.2) is 30.5 Å². The average Bonchev–Trinajstić information content (AvgIpc) is 2.96. The van der Waals surface area contributed by atoms with Crippen LogP contribution in [0.5, 0.6) is 0 Å². The van der Waals surface area contributed by atoms with Crippen LogP contribution in [0.1, 0.15) is 47.3 Å². The van der Waals surface area contributed by atoms with Crippen LogP contribution in [0.2, 0.25) is 0 Å². The molecule has 1 aliphatic heterocycles. The summed E-state index contributed by atoms with van der Waals surface area (Å²) in [5, 5.41) is 4.43. The third kappa shape index (κ3) is 3.43. The van der Waals surface area contributed by atoms with E-state index in [0.29, 0.717) is 12.1 Å². The monoisotopic (exact) mass is 340 g/mol. The fraction of sp³-hybridized carbons (Fsp3) is 0.421. The molecule has 25 heavy (non-hydrogen) atoms. The Balaban J connectivity index is 1.90. The van der Waals surface area contributed by atoms with Gasteiger partial charge in [-0.15, -0.1) is 0 Å². The number of carbonyl (C=O) groups is 2. The molecular weight excluding hydrogens is 316 g/mol. The van der Waals surface area contributed by atoms with Crippen molar-refractivity contribution < 1.29 is 9.59 Å². The van der Waals surface area contributed by atoms with E-state index in [1.807, 2.05) is 38.1 Å². The standard InChI is InChI=1S/C19H24N4O2/c1-13-7-3-4-9-17(13)23-14(2)16(12-21-23)19(25)22-10-6-5-8-15(22)11-18(20)24/h3-4,7,9,12,15H,5-6,8,10-11H2,1-2H3,(H2,20,24)/t15-/m1/s1. The molecule has 3 rings (SSSR count). The van der Waals surface area contributed by atoms with Crippen LogP contribution in [-0.2, 0) is 4.79 Å². The lowest BCUT2D eigenvalue weighted by molar-refractivity contribution is -0.119. The van der Waals surface area contributed by atoms with E-state index in [1.165, 1.54) is 0 Å². The summed E-state index contributed by atoms with van der Waals surface area (Å²) >= 11 is 0. The van der Waals surface area contributed by atoms with E-state index >= 15 is 0 Å². The van der Waals surface area contributed by atoms with Crippen molar-refractivity contribution in [3.63, 3.8) is 0 Å². The summed E-state index contributed by atoms with van der Waals surface area (Å²) in [6, 6.07) is 7.83. The molecule has 1 aromatic heterocycles. The highest BCUT2D eigenvalue weighted by Crippen LogP contribution is 2.24. The lowest BCUT2D eigenvalue weighted by Gasteiger charge is -2.35. The van der Waals surface area contributed by atoms with Gasteiger partial charge in [0.05, 0.1) is 23.1 Å². The maximum absolute atomic E-state index is 13.1. The fourth-order valence-electron chi connectivity index (χ4n) is 3.53. The number of rotatable bonds is 4. The molecule has 1 aromatic carbocycles. The van der Waals surface area contributed by atoms with Crippen molar-refractivity contribution in [1.29, 1.82) is 0 Å². The number of aryl methyl sites for hydroxylation is 1. The van der Waals surface area contributed by atoms with Crippen LogP contribution in [0.4, 0.5) is 0 Å². The second-order valence-electron chi connectivity index (χ2n) is 6.66. The zero-order valence-electron chi connectivity index (χ0n) is 14.7. The topological polar surface area (TPSA) is 81.2 Å². The Hall–Kier alpha value is -2.63. The molecule has 6 nitrogen and oxygen atoms in total. The van der Waals surface area contributed by atoms with E-state index in [-0.39, 0.29) is 24.3 Å². The van der Waals surface area contributed by atoms with Crippen LogP contribution < -0.4 is 5.73 Å². The van der Waals surface area contributed by atoms with E-state index in [0.717, 1.165) is 36.2 Å². The first-order chi connectivity index (χ1) is 12.0. The number of aromatic nitrogens is 2. The van der Waals surface area contributed by atoms with Crippen molar-refractivity contribution in [2.24, 2.45) is 5.73 Å². The molecule has 0 spiro atoms. The number of nitrogens with zero attached hydrogens (tertiary/aromatic N) is 3. The zero-order valence-corrected chi connectivity index (χ0v) is 14.7. The predicted molar refractivity (Wildman–Crippen MR) is 95.5 cm³/mol. The Bertz CT molecular complexity index is 796. The van der Waals surface area contributed by atoms with Gasteiger partial charge in [-0.2, -0.15) is 5.10 Å². The maximum Gasteiger partial charge on any atom is 0.257 e. The third-order valence-corrected chi connectivity index (χ3v) is 4.91. The highest BCUT2D eigenvalue weighted by Gasteiger charge is 2.30. The minimum atomic E-state index is -0.364. The molecule has 1 fully saturated rings. The predicted octanol–water partition coefficient (Wildman–Crippen LogP) is 2.36. The molecule has 2 aromatic rings. The van der Waals surface area contributed by atoms with Gasteiger partial charge in [-0.05, 0) is 44.7 Å². The van der Waals surface area contributed by atoms with E-state index in [1.54, 1.807) is 15.8 Å². The van der Waals surface area contributed by atoms with Crippen molar-refractivity contribution >= 4 is 11.8 Å². The number of carbonyl (C=O) groups excluding carboxylic acids is 2. The first-order valence-electron chi connectivity index (χ1n) is 8.69. The molecule has 0 saturated carbocycles. The molecule has 1 aliphatic rings. The second-order valence-corrected chi connectivity index (χ2v) is 6.66. The molecule has 0 unspecified atom stereocenters. The summed E-state index contributed by atoms with van der Waals surface area (Å²) in [5.74, 6) is -0.430. The molecule has 1 atom stereocenters. The highest BCUT2D eigenvalue weighted by atomic mass is 16.2. The Morgan fingerprint density at radius 3 is 2.72 bits per heavy atom. The number of benzene rings is 1.